The third-order valence-electron chi connectivity index (χ3n) is 2.97. The second-order valence-corrected chi connectivity index (χ2v) is 5.73. The van der Waals surface area contributed by atoms with Crippen molar-refractivity contribution in [2.24, 2.45) is 0 Å². The van der Waals surface area contributed by atoms with Crippen molar-refractivity contribution in [3.8, 4) is 10.6 Å². The summed E-state index contributed by atoms with van der Waals surface area (Å²) in [4.78, 5) is 21.5. The lowest BCUT2D eigenvalue weighted by Crippen LogP contribution is -2.26. The maximum Gasteiger partial charge on any atom is 0.225 e. The van der Waals surface area contributed by atoms with E-state index in [-0.39, 0.29) is 5.91 Å². The quantitative estimate of drug-likeness (QED) is 0.797. The minimum Gasteiger partial charge on any atom is -0.385 e. The summed E-state index contributed by atoms with van der Waals surface area (Å²) < 4.78 is 4.95. The molecular formula is C15H19N3O2S. The summed E-state index contributed by atoms with van der Waals surface area (Å²) in [5, 5.41) is 3.80. The molecule has 0 fully saturated rings. The standard InChI is InChI=1S/C15H19N3O2S/c1-11-13(9-14(19)17-7-4-8-20-2)21-15(18-11)12-5-3-6-16-10-12/h3,5-6,10H,4,7-9H2,1-2H3,(H,17,19). The highest BCUT2D eigenvalue weighted by Crippen LogP contribution is 2.27. The van der Waals surface area contributed by atoms with Crippen LogP contribution in [0, 0.1) is 6.92 Å². The van der Waals surface area contributed by atoms with Crippen LogP contribution in [0.1, 0.15) is 17.0 Å². The summed E-state index contributed by atoms with van der Waals surface area (Å²) in [5.74, 6) is 0.0237. The highest BCUT2D eigenvalue weighted by atomic mass is 32.1. The Balaban J connectivity index is 1.95. The number of methoxy groups -OCH3 is 1. The number of carbonyl (C=O) groups is 1. The Labute approximate surface area is 128 Å². The molecule has 1 N–H and O–H groups in total. The predicted molar refractivity (Wildman–Crippen MR) is 83.3 cm³/mol. The third-order valence-corrected chi connectivity index (χ3v) is 4.18. The lowest BCUT2D eigenvalue weighted by molar-refractivity contribution is -0.120. The molecule has 0 bridgehead atoms. The van der Waals surface area contributed by atoms with Crippen molar-refractivity contribution in [2.75, 3.05) is 20.3 Å². The van der Waals surface area contributed by atoms with Crippen molar-refractivity contribution in [1.29, 1.82) is 0 Å². The number of nitrogens with zero attached hydrogens (tertiary/aromatic N) is 2. The van der Waals surface area contributed by atoms with E-state index < -0.39 is 0 Å². The molecule has 5 nitrogen and oxygen atoms in total. The van der Waals surface area contributed by atoms with E-state index in [1.807, 2.05) is 19.1 Å². The van der Waals surface area contributed by atoms with Gasteiger partial charge >= 0.3 is 0 Å². The number of aromatic nitrogens is 2. The third kappa shape index (κ3) is 4.61. The number of amides is 1. The summed E-state index contributed by atoms with van der Waals surface area (Å²) in [5.41, 5.74) is 1.89. The average molecular weight is 305 g/mol. The van der Waals surface area contributed by atoms with Gasteiger partial charge in [0, 0.05) is 43.1 Å². The summed E-state index contributed by atoms with van der Waals surface area (Å²) in [7, 11) is 1.66. The fraction of sp³-hybridized carbons (Fsp3) is 0.400. The Bertz CT molecular complexity index is 584. The van der Waals surface area contributed by atoms with Crippen LogP contribution >= 0.6 is 11.3 Å². The van der Waals surface area contributed by atoms with Gasteiger partial charge in [-0.2, -0.15) is 0 Å². The van der Waals surface area contributed by atoms with Gasteiger partial charge in [-0.15, -0.1) is 11.3 Å². The first-order valence-corrected chi connectivity index (χ1v) is 7.64. The van der Waals surface area contributed by atoms with Gasteiger partial charge in [0.2, 0.25) is 5.91 Å². The van der Waals surface area contributed by atoms with Crippen molar-refractivity contribution in [3.05, 3.63) is 35.1 Å². The maximum absolute atomic E-state index is 11.9. The molecule has 6 heteroatoms. The van der Waals surface area contributed by atoms with Crippen molar-refractivity contribution >= 4 is 17.2 Å². The zero-order valence-electron chi connectivity index (χ0n) is 12.3. The van der Waals surface area contributed by atoms with Crippen LogP contribution in [0.15, 0.2) is 24.5 Å². The predicted octanol–water partition coefficient (Wildman–Crippen LogP) is 2.21. The summed E-state index contributed by atoms with van der Waals surface area (Å²) in [6.07, 6.45) is 4.72. The summed E-state index contributed by atoms with van der Waals surface area (Å²) >= 11 is 1.55. The molecule has 0 unspecified atom stereocenters. The lowest BCUT2D eigenvalue weighted by Gasteiger charge is -2.03. The van der Waals surface area contributed by atoms with Crippen molar-refractivity contribution < 1.29 is 9.53 Å². The minimum atomic E-state index is 0.0237. The van der Waals surface area contributed by atoms with E-state index in [2.05, 4.69) is 15.3 Å². The zero-order chi connectivity index (χ0) is 15.1. The van der Waals surface area contributed by atoms with Crippen LogP contribution in [0.25, 0.3) is 10.6 Å². The van der Waals surface area contributed by atoms with Crippen LogP contribution in [0.2, 0.25) is 0 Å². The Kier molecular flexibility index (Phi) is 5.83. The number of nitrogens with one attached hydrogen (secondary N) is 1. The molecule has 0 aliphatic rings. The molecule has 2 rings (SSSR count). The van der Waals surface area contributed by atoms with Crippen LogP contribution in [-0.2, 0) is 16.0 Å². The highest BCUT2D eigenvalue weighted by Gasteiger charge is 2.12. The van der Waals surface area contributed by atoms with Gasteiger partial charge in [-0.3, -0.25) is 9.78 Å². The molecule has 0 atom stereocenters. The zero-order valence-corrected chi connectivity index (χ0v) is 13.1. The molecule has 0 radical (unpaired) electrons. The highest BCUT2D eigenvalue weighted by molar-refractivity contribution is 7.15. The molecule has 2 heterocycles. The van der Waals surface area contributed by atoms with Crippen LogP contribution in [0.3, 0.4) is 0 Å². The normalized spacial score (nSPS) is 10.6. The number of pyridine rings is 1. The number of hydrogen-bond donors (Lipinski definition) is 1. The summed E-state index contributed by atoms with van der Waals surface area (Å²) in [6, 6.07) is 3.86. The van der Waals surface area contributed by atoms with Gasteiger partial charge in [-0.25, -0.2) is 4.98 Å². The Morgan fingerprint density at radius 3 is 3.05 bits per heavy atom. The minimum absolute atomic E-state index is 0.0237. The van der Waals surface area contributed by atoms with E-state index in [1.54, 1.807) is 30.8 Å². The molecule has 0 aromatic carbocycles. The summed E-state index contributed by atoms with van der Waals surface area (Å²) in [6.45, 7) is 3.23. The van der Waals surface area contributed by atoms with Crippen LogP contribution in [0.5, 0.6) is 0 Å². The van der Waals surface area contributed by atoms with Crippen LogP contribution in [-0.4, -0.2) is 36.1 Å². The molecule has 0 aliphatic heterocycles. The number of ether oxygens (including phenoxy) is 1. The number of aryl methyl sites for hydroxylation is 1. The Morgan fingerprint density at radius 1 is 1.48 bits per heavy atom. The Hall–Kier alpha value is -1.79. The second kappa shape index (κ2) is 7.85. The first-order chi connectivity index (χ1) is 10.2. The van der Waals surface area contributed by atoms with E-state index in [9.17, 15) is 4.79 Å². The second-order valence-electron chi connectivity index (χ2n) is 4.64. The first-order valence-electron chi connectivity index (χ1n) is 6.83. The molecule has 21 heavy (non-hydrogen) atoms. The van der Waals surface area contributed by atoms with Gasteiger partial charge in [0.1, 0.15) is 5.01 Å². The average Bonchev–Trinajstić information content (AvgIpc) is 2.86. The Morgan fingerprint density at radius 2 is 2.33 bits per heavy atom. The van der Waals surface area contributed by atoms with Crippen molar-refractivity contribution in [1.82, 2.24) is 15.3 Å². The van der Waals surface area contributed by atoms with Gasteiger partial charge < -0.3 is 10.1 Å². The van der Waals surface area contributed by atoms with E-state index in [1.165, 1.54) is 0 Å². The van der Waals surface area contributed by atoms with Gasteiger partial charge in [0.25, 0.3) is 0 Å². The molecule has 2 aromatic heterocycles. The number of carbonyl (C=O) groups excluding carboxylic acids is 1. The van der Waals surface area contributed by atoms with E-state index in [0.717, 1.165) is 27.6 Å². The largest absolute Gasteiger partial charge is 0.385 e. The molecular weight excluding hydrogens is 286 g/mol. The number of thiazole rings is 1. The van der Waals surface area contributed by atoms with E-state index in [4.69, 9.17) is 4.74 Å². The van der Waals surface area contributed by atoms with Gasteiger partial charge in [0.05, 0.1) is 12.1 Å². The number of hydrogen-bond acceptors (Lipinski definition) is 5. The molecule has 2 aromatic rings. The maximum atomic E-state index is 11.9. The molecule has 112 valence electrons. The van der Waals surface area contributed by atoms with E-state index in [0.29, 0.717) is 19.6 Å². The van der Waals surface area contributed by atoms with Gasteiger partial charge in [-0.1, -0.05) is 0 Å². The molecule has 0 saturated carbocycles. The van der Waals surface area contributed by atoms with Crippen LogP contribution in [0.4, 0.5) is 0 Å². The van der Waals surface area contributed by atoms with Crippen LogP contribution < -0.4 is 5.32 Å². The fourth-order valence-corrected chi connectivity index (χ4v) is 2.91. The molecule has 0 aliphatic carbocycles. The monoisotopic (exact) mass is 305 g/mol. The SMILES string of the molecule is COCCCNC(=O)Cc1sc(-c2cccnc2)nc1C. The first kappa shape index (κ1) is 15.6. The molecule has 1 amide bonds. The topological polar surface area (TPSA) is 64.1 Å². The molecule has 0 saturated heterocycles. The smallest absolute Gasteiger partial charge is 0.225 e. The number of rotatable bonds is 7. The van der Waals surface area contributed by atoms with E-state index >= 15 is 0 Å². The lowest BCUT2D eigenvalue weighted by atomic mass is 10.3. The van der Waals surface area contributed by atoms with Gasteiger partial charge in [-0.05, 0) is 25.5 Å². The molecule has 0 spiro atoms. The van der Waals surface area contributed by atoms with Gasteiger partial charge in [0.15, 0.2) is 0 Å². The fourth-order valence-electron chi connectivity index (χ4n) is 1.86. The van der Waals surface area contributed by atoms with Crippen molar-refractivity contribution in [2.45, 2.75) is 19.8 Å². The van der Waals surface area contributed by atoms with Crippen molar-refractivity contribution in [3.63, 3.8) is 0 Å².